The van der Waals surface area contributed by atoms with Crippen LogP contribution in [0.4, 0.5) is 0 Å². The van der Waals surface area contributed by atoms with Crippen LogP contribution in [0.3, 0.4) is 0 Å². The van der Waals surface area contributed by atoms with E-state index in [2.05, 4.69) is 20.6 Å². The standard InChI is InChI=1S/C25H23N5O3/c1-15-8-6-7-11-18(15)19-12-16(2)22(31)21-23(19)33-14-30(21)29-25(32)24-26-20(27-28-24)13-17-9-4-3-5-10-17/h3-12,16H,13-14H2,1-2H3,(H,29,32)(H,26,27,28)/t16-/m0/s1. The Hall–Kier alpha value is -4.20. The van der Waals surface area contributed by atoms with Gasteiger partial charge in [0.05, 0.1) is 0 Å². The molecule has 1 amide bonds. The van der Waals surface area contributed by atoms with Gasteiger partial charge in [-0.3, -0.25) is 20.1 Å². The Balaban J connectivity index is 1.37. The Kier molecular flexibility index (Phi) is 5.26. The van der Waals surface area contributed by atoms with Crippen LogP contribution in [-0.2, 0) is 16.0 Å². The van der Waals surface area contributed by atoms with Crippen molar-refractivity contribution >= 4 is 17.3 Å². The lowest BCUT2D eigenvalue weighted by molar-refractivity contribution is -0.119. The van der Waals surface area contributed by atoms with Gasteiger partial charge in [0.25, 0.3) is 0 Å². The van der Waals surface area contributed by atoms with Crippen molar-refractivity contribution in [3.8, 4) is 0 Å². The molecule has 2 N–H and O–H groups in total. The number of amides is 1. The number of ether oxygens (including phenoxy) is 1. The Morgan fingerprint density at radius 3 is 2.73 bits per heavy atom. The molecule has 2 aliphatic rings. The first-order chi connectivity index (χ1) is 16.0. The maximum atomic E-state index is 13.0. The van der Waals surface area contributed by atoms with E-state index in [-0.39, 0.29) is 24.3 Å². The molecule has 2 heterocycles. The number of nitrogens with one attached hydrogen (secondary N) is 2. The average Bonchev–Trinajstić information content (AvgIpc) is 3.45. The van der Waals surface area contributed by atoms with Gasteiger partial charge in [0.1, 0.15) is 11.5 Å². The molecule has 0 saturated carbocycles. The van der Waals surface area contributed by atoms with Gasteiger partial charge < -0.3 is 4.74 Å². The molecule has 1 aromatic heterocycles. The van der Waals surface area contributed by atoms with E-state index in [0.29, 0.717) is 23.7 Å². The summed E-state index contributed by atoms with van der Waals surface area (Å²) in [5.74, 6) is 0.0835. The third-order valence-corrected chi connectivity index (χ3v) is 5.75. The van der Waals surface area contributed by atoms with Crippen LogP contribution >= 0.6 is 0 Å². The van der Waals surface area contributed by atoms with Gasteiger partial charge in [-0.2, -0.15) is 0 Å². The molecule has 0 bridgehead atoms. The molecule has 0 fully saturated rings. The van der Waals surface area contributed by atoms with Crippen molar-refractivity contribution in [2.45, 2.75) is 20.3 Å². The number of aryl methyl sites for hydroxylation is 1. The smallest absolute Gasteiger partial charge is 0.309 e. The van der Waals surface area contributed by atoms with Crippen molar-refractivity contribution in [1.29, 1.82) is 0 Å². The molecule has 1 atom stereocenters. The number of carbonyl (C=O) groups is 2. The topological polar surface area (TPSA) is 100 Å². The van der Waals surface area contributed by atoms with Crippen LogP contribution in [-0.4, -0.2) is 38.6 Å². The first kappa shape index (κ1) is 20.7. The van der Waals surface area contributed by atoms with E-state index < -0.39 is 5.91 Å². The number of allylic oxidation sites excluding steroid dienone is 3. The van der Waals surface area contributed by atoms with E-state index in [1.165, 1.54) is 5.01 Å². The first-order valence-corrected chi connectivity index (χ1v) is 10.7. The molecule has 2 aromatic carbocycles. The molecule has 3 aromatic rings. The van der Waals surface area contributed by atoms with Crippen LogP contribution in [0.2, 0.25) is 0 Å². The second-order valence-electron chi connectivity index (χ2n) is 8.14. The van der Waals surface area contributed by atoms with Crippen molar-refractivity contribution in [3.05, 3.63) is 100 Å². The van der Waals surface area contributed by atoms with Gasteiger partial charge in [-0.05, 0) is 23.6 Å². The molecule has 1 aliphatic carbocycles. The number of hydrazine groups is 1. The highest BCUT2D eigenvalue weighted by Gasteiger charge is 2.39. The zero-order valence-electron chi connectivity index (χ0n) is 18.3. The molecule has 8 heteroatoms. The number of benzene rings is 2. The quantitative estimate of drug-likeness (QED) is 0.631. The SMILES string of the molecule is Cc1ccccc1C1=C[C@H](C)C(=O)C2=C1OCN2NC(=O)c1n[nH]c(Cc2ccccc2)n1. The van der Waals surface area contributed by atoms with Crippen LogP contribution in [0.1, 0.15) is 40.1 Å². The number of Topliss-reactive ketones (excluding diaryl/α,β-unsaturated/α-hetero) is 1. The molecule has 0 saturated heterocycles. The van der Waals surface area contributed by atoms with E-state index in [1.54, 1.807) is 0 Å². The summed E-state index contributed by atoms with van der Waals surface area (Å²) in [6.07, 6.45) is 2.45. The maximum absolute atomic E-state index is 13.0. The summed E-state index contributed by atoms with van der Waals surface area (Å²) >= 11 is 0. The van der Waals surface area contributed by atoms with Crippen molar-refractivity contribution in [1.82, 2.24) is 25.6 Å². The van der Waals surface area contributed by atoms with Crippen LogP contribution in [0, 0.1) is 12.8 Å². The number of aromatic amines is 1. The van der Waals surface area contributed by atoms with E-state index in [1.807, 2.05) is 74.5 Å². The minimum Gasteiger partial charge on any atom is -0.468 e. The highest BCUT2D eigenvalue weighted by Crippen LogP contribution is 2.39. The minimum absolute atomic E-state index is 0.000886. The first-order valence-electron chi connectivity index (χ1n) is 10.7. The van der Waals surface area contributed by atoms with Gasteiger partial charge in [0.2, 0.25) is 5.82 Å². The van der Waals surface area contributed by atoms with Crippen LogP contribution in [0.15, 0.2) is 72.1 Å². The second-order valence-corrected chi connectivity index (χ2v) is 8.14. The molecular weight excluding hydrogens is 418 g/mol. The van der Waals surface area contributed by atoms with E-state index in [9.17, 15) is 9.59 Å². The lowest BCUT2D eigenvalue weighted by atomic mass is 9.87. The van der Waals surface area contributed by atoms with Gasteiger partial charge >= 0.3 is 5.91 Å². The van der Waals surface area contributed by atoms with Crippen LogP contribution in [0.5, 0.6) is 0 Å². The average molecular weight is 441 g/mol. The molecule has 8 nitrogen and oxygen atoms in total. The normalized spacial score (nSPS) is 17.5. The fourth-order valence-corrected chi connectivity index (χ4v) is 4.06. The number of aromatic nitrogens is 3. The number of rotatable bonds is 5. The minimum atomic E-state index is -0.518. The number of hydrogen-bond acceptors (Lipinski definition) is 6. The van der Waals surface area contributed by atoms with Crippen molar-refractivity contribution in [2.24, 2.45) is 5.92 Å². The van der Waals surface area contributed by atoms with Gasteiger partial charge in [0.15, 0.2) is 18.3 Å². The molecule has 166 valence electrons. The summed E-state index contributed by atoms with van der Waals surface area (Å²) < 4.78 is 5.88. The monoisotopic (exact) mass is 441 g/mol. The highest BCUT2D eigenvalue weighted by atomic mass is 16.5. The van der Waals surface area contributed by atoms with Crippen molar-refractivity contribution < 1.29 is 14.3 Å². The Labute approximate surface area is 191 Å². The lowest BCUT2D eigenvalue weighted by Crippen LogP contribution is -2.43. The van der Waals surface area contributed by atoms with Gasteiger partial charge in [0, 0.05) is 17.9 Å². The number of carbonyl (C=O) groups excluding carboxylic acids is 2. The third kappa shape index (κ3) is 3.91. The fraction of sp³-hybridized carbons (Fsp3) is 0.200. The molecule has 33 heavy (non-hydrogen) atoms. The van der Waals surface area contributed by atoms with Gasteiger partial charge in [-0.1, -0.05) is 67.6 Å². The summed E-state index contributed by atoms with van der Waals surface area (Å²) in [5, 5.41) is 8.29. The van der Waals surface area contributed by atoms with Gasteiger partial charge in [-0.25, -0.2) is 9.99 Å². The Morgan fingerprint density at radius 1 is 1.18 bits per heavy atom. The summed E-state index contributed by atoms with van der Waals surface area (Å²) in [6.45, 7) is 3.88. The van der Waals surface area contributed by atoms with E-state index in [0.717, 1.165) is 22.3 Å². The fourth-order valence-electron chi connectivity index (χ4n) is 4.06. The van der Waals surface area contributed by atoms with Crippen molar-refractivity contribution in [2.75, 3.05) is 6.73 Å². The van der Waals surface area contributed by atoms with Crippen LogP contribution < -0.4 is 5.43 Å². The Morgan fingerprint density at radius 2 is 1.94 bits per heavy atom. The predicted molar refractivity (Wildman–Crippen MR) is 121 cm³/mol. The number of H-pyrrole nitrogens is 1. The van der Waals surface area contributed by atoms with Gasteiger partial charge in [-0.15, -0.1) is 5.10 Å². The summed E-state index contributed by atoms with van der Waals surface area (Å²) in [6, 6.07) is 17.7. The number of hydrogen-bond donors (Lipinski definition) is 2. The molecule has 5 rings (SSSR count). The number of nitrogens with zero attached hydrogens (tertiary/aromatic N) is 3. The molecule has 0 unspecified atom stereocenters. The number of ketones is 1. The second kappa shape index (κ2) is 8.38. The summed E-state index contributed by atoms with van der Waals surface area (Å²) in [7, 11) is 0. The largest absolute Gasteiger partial charge is 0.468 e. The molecular formula is C25H23N5O3. The summed E-state index contributed by atoms with van der Waals surface area (Å²) in [4.78, 5) is 30.1. The summed E-state index contributed by atoms with van der Waals surface area (Å²) in [5.41, 5.74) is 7.06. The van der Waals surface area contributed by atoms with E-state index >= 15 is 0 Å². The van der Waals surface area contributed by atoms with Crippen LogP contribution in [0.25, 0.3) is 5.57 Å². The van der Waals surface area contributed by atoms with E-state index in [4.69, 9.17) is 4.74 Å². The Bertz CT molecular complexity index is 1290. The molecule has 1 aliphatic heterocycles. The maximum Gasteiger partial charge on any atom is 0.309 e. The highest BCUT2D eigenvalue weighted by molar-refractivity contribution is 6.06. The third-order valence-electron chi connectivity index (χ3n) is 5.75. The lowest BCUT2D eigenvalue weighted by Gasteiger charge is -2.23. The zero-order valence-corrected chi connectivity index (χ0v) is 18.3. The zero-order chi connectivity index (χ0) is 22.9. The van der Waals surface area contributed by atoms with Crippen molar-refractivity contribution in [3.63, 3.8) is 0 Å². The molecule has 0 spiro atoms. The molecule has 0 radical (unpaired) electrons. The predicted octanol–water partition coefficient (Wildman–Crippen LogP) is 3.15.